The van der Waals surface area contributed by atoms with Crippen LogP contribution >= 0.6 is 0 Å². The first-order chi connectivity index (χ1) is 10.1. The Balaban J connectivity index is 1.80. The molecule has 0 aliphatic carbocycles. The van der Waals surface area contributed by atoms with Gasteiger partial charge in [-0.1, -0.05) is 24.3 Å². The van der Waals surface area contributed by atoms with Crippen molar-refractivity contribution in [2.45, 2.75) is 13.5 Å². The predicted molar refractivity (Wildman–Crippen MR) is 83.1 cm³/mol. The normalized spacial score (nSPS) is 10.8. The summed E-state index contributed by atoms with van der Waals surface area (Å²) in [6, 6.07) is 15.6. The summed E-state index contributed by atoms with van der Waals surface area (Å²) in [5.74, 6) is -0.0329. The molecule has 3 aromatic rings. The topological polar surface area (TPSA) is 49.0 Å². The van der Waals surface area contributed by atoms with Gasteiger partial charge in [0.05, 0.1) is 12.2 Å². The summed E-state index contributed by atoms with van der Waals surface area (Å²) in [6.45, 7) is 2.44. The van der Waals surface area contributed by atoms with E-state index in [9.17, 15) is 4.79 Å². The van der Waals surface area contributed by atoms with Crippen LogP contribution in [0.3, 0.4) is 0 Å². The average molecular weight is 279 g/mol. The highest BCUT2D eigenvalue weighted by Crippen LogP contribution is 2.16. The van der Waals surface area contributed by atoms with Crippen molar-refractivity contribution in [3.8, 4) is 0 Å². The Hall–Kier alpha value is -2.62. The highest BCUT2D eigenvalue weighted by molar-refractivity contribution is 5.97. The van der Waals surface area contributed by atoms with Crippen LogP contribution in [0.2, 0.25) is 0 Å². The number of hydrogen-bond acceptors (Lipinski definition) is 2. The number of carbonyl (C=O) groups is 1. The number of rotatable bonds is 3. The summed E-state index contributed by atoms with van der Waals surface area (Å²) in [4.78, 5) is 21.7. The first kappa shape index (κ1) is 13.4. The molecular formula is C17H17N3O. The zero-order valence-electron chi connectivity index (χ0n) is 12.1. The number of hydrogen-bond donors (Lipinski definition) is 1. The lowest BCUT2D eigenvalue weighted by Gasteiger charge is -2.16. The van der Waals surface area contributed by atoms with Gasteiger partial charge in [0, 0.05) is 23.6 Å². The van der Waals surface area contributed by atoms with E-state index in [1.165, 1.54) is 0 Å². The molecular weight excluding hydrogens is 262 g/mol. The van der Waals surface area contributed by atoms with Crippen molar-refractivity contribution in [2.75, 3.05) is 7.05 Å². The minimum absolute atomic E-state index is 0.0329. The van der Waals surface area contributed by atoms with Crippen molar-refractivity contribution < 1.29 is 4.79 Å². The number of benzene rings is 1. The number of nitrogens with one attached hydrogen (secondary N) is 1. The van der Waals surface area contributed by atoms with Crippen LogP contribution < -0.4 is 0 Å². The highest BCUT2D eigenvalue weighted by Gasteiger charge is 2.15. The molecule has 21 heavy (non-hydrogen) atoms. The van der Waals surface area contributed by atoms with Crippen molar-refractivity contribution in [1.29, 1.82) is 0 Å². The largest absolute Gasteiger partial charge is 0.351 e. The minimum Gasteiger partial charge on any atom is -0.351 e. The van der Waals surface area contributed by atoms with Gasteiger partial charge in [0.15, 0.2) is 0 Å². The molecule has 3 rings (SSSR count). The smallest absolute Gasteiger partial charge is 0.270 e. The lowest BCUT2D eigenvalue weighted by atomic mass is 10.2. The number of aromatic amines is 1. The highest BCUT2D eigenvalue weighted by atomic mass is 16.2. The molecule has 0 spiro atoms. The summed E-state index contributed by atoms with van der Waals surface area (Å²) in [6.07, 6.45) is 0. The lowest BCUT2D eigenvalue weighted by molar-refractivity contribution is 0.0778. The van der Waals surface area contributed by atoms with Crippen molar-refractivity contribution in [2.24, 2.45) is 0 Å². The molecule has 0 aliphatic rings. The van der Waals surface area contributed by atoms with E-state index in [4.69, 9.17) is 0 Å². The number of pyridine rings is 1. The van der Waals surface area contributed by atoms with E-state index in [0.717, 1.165) is 22.3 Å². The third-order valence-electron chi connectivity index (χ3n) is 3.45. The van der Waals surface area contributed by atoms with Crippen molar-refractivity contribution in [3.05, 3.63) is 65.6 Å². The molecule has 4 heteroatoms. The number of H-pyrrole nitrogens is 1. The zero-order chi connectivity index (χ0) is 14.8. The number of para-hydroxylation sites is 1. The van der Waals surface area contributed by atoms with E-state index < -0.39 is 0 Å². The Labute approximate surface area is 123 Å². The van der Waals surface area contributed by atoms with Gasteiger partial charge in [-0.3, -0.25) is 9.78 Å². The number of aromatic nitrogens is 2. The van der Waals surface area contributed by atoms with E-state index in [-0.39, 0.29) is 5.91 Å². The number of carbonyl (C=O) groups excluding carboxylic acids is 1. The van der Waals surface area contributed by atoms with Gasteiger partial charge in [-0.05, 0) is 31.2 Å². The Morgan fingerprint density at radius 1 is 1.19 bits per heavy atom. The van der Waals surface area contributed by atoms with Crippen LogP contribution in [0, 0.1) is 6.92 Å². The van der Waals surface area contributed by atoms with Gasteiger partial charge in [0.1, 0.15) is 5.69 Å². The van der Waals surface area contributed by atoms with Gasteiger partial charge in [0.25, 0.3) is 5.91 Å². The van der Waals surface area contributed by atoms with E-state index >= 15 is 0 Å². The Morgan fingerprint density at radius 2 is 2.00 bits per heavy atom. The fourth-order valence-corrected chi connectivity index (χ4v) is 2.40. The molecule has 0 bridgehead atoms. The Bertz CT molecular complexity index is 758. The summed E-state index contributed by atoms with van der Waals surface area (Å²) in [5.41, 5.74) is 3.43. The molecule has 0 unspecified atom stereocenters. The maximum absolute atomic E-state index is 12.5. The Kier molecular flexibility index (Phi) is 3.44. The fraction of sp³-hybridized carbons (Fsp3) is 0.176. The third kappa shape index (κ3) is 2.79. The second kappa shape index (κ2) is 5.40. The van der Waals surface area contributed by atoms with Gasteiger partial charge < -0.3 is 9.88 Å². The van der Waals surface area contributed by atoms with Crippen LogP contribution in [0.15, 0.2) is 48.5 Å². The van der Waals surface area contributed by atoms with Gasteiger partial charge >= 0.3 is 0 Å². The predicted octanol–water partition coefficient (Wildman–Crippen LogP) is 3.14. The fourth-order valence-electron chi connectivity index (χ4n) is 2.40. The number of nitrogens with zero attached hydrogens (tertiary/aromatic N) is 2. The standard InChI is InChI=1S/C17H17N3O/c1-12-6-5-8-14(18-12)11-20(2)17(21)16-10-13-7-3-4-9-15(13)19-16/h3-10,19H,11H2,1-2H3. The molecule has 0 radical (unpaired) electrons. The van der Waals surface area contributed by atoms with E-state index in [1.807, 2.05) is 55.5 Å². The SMILES string of the molecule is Cc1cccc(CN(C)C(=O)c2cc3ccccc3[nH]2)n1. The van der Waals surface area contributed by atoms with Crippen LogP contribution in [0.25, 0.3) is 10.9 Å². The van der Waals surface area contributed by atoms with E-state index in [2.05, 4.69) is 9.97 Å². The first-order valence-electron chi connectivity index (χ1n) is 6.89. The molecule has 0 aliphatic heterocycles. The molecule has 0 atom stereocenters. The summed E-state index contributed by atoms with van der Waals surface area (Å²) in [5, 5.41) is 1.04. The van der Waals surface area contributed by atoms with E-state index in [1.54, 1.807) is 11.9 Å². The van der Waals surface area contributed by atoms with Gasteiger partial charge in [-0.2, -0.15) is 0 Å². The molecule has 2 aromatic heterocycles. The lowest BCUT2D eigenvalue weighted by Crippen LogP contribution is -2.26. The quantitative estimate of drug-likeness (QED) is 0.800. The van der Waals surface area contributed by atoms with Crippen molar-refractivity contribution >= 4 is 16.8 Å². The molecule has 2 heterocycles. The minimum atomic E-state index is -0.0329. The van der Waals surface area contributed by atoms with Gasteiger partial charge in [-0.15, -0.1) is 0 Å². The summed E-state index contributed by atoms with van der Waals surface area (Å²) in [7, 11) is 1.79. The molecule has 1 amide bonds. The second-order valence-electron chi connectivity index (χ2n) is 5.20. The molecule has 106 valence electrons. The number of fused-ring (bicyclic) bond motifs is 1. The first-order valence-corrected chi connectivity index (χ1v) is 6.89. The van der Waals surface area contributed by atoms with Gasteiger partial charge in [0.2, 0.25) is 0 Å². The zero-order valence-corrected chi connectivity index (χ0v) is 12.1. The van der Waals surface area contributed by atoms with E-state index in [0.29, 0.717) is 12.2 Å². The van der Waals surface area contributed by atoms with Crippen LogP contribution in [0.5, 0.6) is 0 Å². The maximum Gasteiger partial charge on any atom is 0.270 e. The average Bonchev–Trinajstić information content (AvgIpc) is 2.90. The monoisotopic (exact) mass is 279 g/mol. The molecule has 0 fully saturated rings. The molecule has 1 aromatic carbocycles. The van der Waals surface area contributed by atoms with Crippen LogP contribution in [0.1, 0.15) is 21.9 Å². The molecule has 1 N–H and O–H groups in total. The Morgan fingerprint density at radius 3 is 2.76 bits per heavy atom. The number of aryl methyl sites for hydroxylation is 1. The molecule has 0 saturated heterocycles. The van der Waals surface area contributed by atoms with Crippen molar-refractivity contribution in [1.82, 2.24) is 14.9 Å². The van der Waals surface area contributed by atoms with Crippen molar-refractivity contribution in [3.63, 3.8) is 0 Å². The summed E-state index contributed by atoms with van der Waals surface area (Å²) >= 11 is 0. The van der Waals surface area contributed by atoms with Gasteiger partial charge in [-0.25, -0.2) is 0 Å². The third-order valence-corrected chi connectivity index (χ3v) is 3.45. The maximum atomic E-state index is 12.5. The molecule has 4 nitrogen and oxygen atoms in total. The second-order valence-corrected chi connectivity index (χ2v) is 5.20. The van der Waals surface area contributed by atoms with Crippen LogP contribution in [0.4, 0.5) is 0 Å². The van der Waals surface area contributed by atoms with Crippen LogP contribution in [-0.2, 0) is 6.54 Å². The van der Waals surface area contributed by atoms with Crippen LogP contribution in [-0.4, -0.2) is 27.8 Å². The number of amides is 1. The summed E-state index contributed by atoms with van der Waals surface area (Å²) < 4.78 is 0. The molecule has 0 saturated carbocycles.